The molecular formula is C17H19N5OS. The van der Waals surface area contributed by atoms with Crippen LogP contribution in [0.3, 0.4) is 0 Å². The third-order valence-corrected chi connectivity index (χ3v) is 5.43. The van der Waals surface area contributed by atoms with E-state index in [0.29, 0.717) is 12.3 Å². The third kappa shape index (κ3) is 3.26. The van der Waals surface area contributed by atoms with E-state index in [0.717, 1.165) is 43.3 Å². The molecule has 1 N–H and O–H groups in total. The Bertz CT molecular complexity index is 744. The fraction of sp³-hybridized carbons (Fsp3) is 0.471. The van der Waals surface area contributed by atoms with E-state index in [4.69, 9.17) is 10.00 Å². The minimum atomic E-state index is -0.0538. The number of pyridine rings is 1. The first-order valence-electron chi connectivity index (χ1n) is 8.13. The van der Waals surface area contributed by atoms with Gasteiger partial charge in [0.15, 0.2) is 0 Å². The molecule has 2 aromatic heterocycles. The number of hydrogen-bond donors (Lipinski definition) is 1. The molecule has 2 aliphatic heterocycles. The maximum Gasteiger partial charge on any atom is 0.142 e. The molecule has 0 amide bonds. The van der Waals surface area contributed by atoms with Gasteiger partial charge in [-0.05, 0) is 18.6 Å². The van der Waals surface area contributed by atoms with E-state index in [1.54, 1.807) is 17.4 Å². The molecule has 0 aromatic carbocycles. The molecule has 0 bridgehead atoms. The van der Waals surface area contributed by atoms with Gasteiger partial charge in [-0.3, -0.25) is 4.90 Å². The van der Waals surface area contributed by atoms with E-state index in [1.807, 2.05) is 23.7 Å². The smallest absolute Gasteiger partial charge is 0.142 e. The first-order chi connectivity index (χ1) is 11.7. The highest BCUT2D eigenvalue weighted by molar-refractivity contribution is 7.09. The highest BCUT2D eigenvalue weighted by Crippen LogP contribution is 2.36. The molecule has 0 saturated carbocycles. The molecular weight excluding hydrogens is 322 g/mol. The van der Waals surface area contributed by atoms with E-state index >= 15 is 0 Å². The Morgan fingerprint density at radius 3 is 3.29 bits per heavy atom. The first kappa shape index (κ1) is 15.5. The van der Waals surface area contributed by atoms with Crippen molar-refractivity contribution in [2.75, 3.05) is 25.0 Å². The van der Waals surface area contributed by atoms with Crippen LogP contribution in [0.25, 0.3) is 0 Å². The van der Waals surface area contributed by atoms with E-state index in [2.05, 4.69) is 26.3 Å². The summed E-state index contributed by atoms with van der Waals surface area (Å²) in [6, 6.07) is 7.78. The van der Waals surface area contributed by atoms with E-state index < -0.39 is 0 Å². The van der Waals surface area contributed by atoms with Crippen LogP contribution in [0.2, 0.25) is 0 Å². The van der Waals surface area contributed by atoms with Crippen LogP contribution in [-0.2, 0) is 11.3 Å². The van der Waals surface area contributed by atoms with Gasteiger partial charge in [0, 0.05) is 31.1 Å². The van der Waals surface area contributed by atoms with Crippen molar-refractivity contribution >= 4 is 17.2 Å². The van der Waals surface area contributed by atoms with E-state index in [1.165, 1.54) is 0 Å². The summed E-state index contributed by atoms with van der Waals surface area (Å²) in [6.45, 7) is 3.60. The molecule has 2 saturated heterocycles. The minimum absolute atomic E-state index is 0.0538. The number of likely N-dealkylation sites (tertiary alicyclic amines) is 1. The van der Waals surface area contributed by atoms with Crippen LogP contribution in [-0.4, -0.2) is 46.2 Å². The molecule has 2 aromatic rings. The standard InChI is InChI=1S/C17H19N5OS/c18-9-13-2-1-3-15(20-13)21-14-8-17(23-11-14)4-6-22(12-17)10-16-19-5-7-24-16/h1-3,5,7,14H,4,6,8,10-12H2,(H,20,21). The topological polar surface area (TPSA) is 74.1 Å². The van der Waals surface area contributed by atoms with E-state index in [9.17, 15) is 0 Å². The molecule has 0 aliphatic carbocycles. The highest BCUT2D eigenvalue weighted by Gasteiger charge is 2.45. The first-order valence-corrected chi connectivity index (χ1v) is 9.01. The summed E-state index contributed by atoms with van der Waals surface area (Å²) < 4.78 is 6.18. The highest BCUT2D eigenvalue weighted by atomic mass is 32.1. The van der Waals surface area contributed by atoms with Gasteiger partial charge in [-0.1, -0.05) is 6.07 Å². The average Bonchev–Trinajstić information content (AvgIpc) is 3.32. The molecule has 124 valence electrons. The van der Waals surface area contributed by atoms with Crippen molar-refractivity contribution in [3.63, 3.8) is 0 Å². The van der Waals surface area contributed by atoms with Crippen molar-refractivity contribution < 1.29 is 4.74 Å². The number of thiazole rings is 1. The summed E-state index contributed by atoms with van der Waals surface area (Å²) in [4.78, 5) is 11.1. The number of ether oxygens (including phenoxy) is 1. The van der Waals surface area contributed by atoms with Gasteiger partial charge < -0.3 is 10.1 Å². The zero-order chi connectivity index (χ0) is 16.4. The summed E-state index contributed by atoms with van der Waals surface area (Å²) in [5, 5.41) is 15.5. The fourth-order valence-corrected chi connectivity index (χ4v) is 4.25. The Kier molecular flexibility index (Phi) is 4.19. The van der Waals surface area contributed by atoms with Crippen LogP contribution in [0, 0.1) is 11.3 Å². The molecule has 2 fully saturated rings. The molecule has 1 spiro atoms. The Labute approximate surface area is 145 Å². The monoisotopic (exact) mass is 341 g/mol. The van der Waals surface area contributed by atoms with Crippen molar-refractivity contribution in [1.82, 2.24) is 14.9 Å². The molecule has 4 heterocycles. The summed E-state index contributed by atoms with van der Waals surface area (Å²) in [5.74, 6) is 0.748. The number of nitriles is 1. The Balaban J connectivity index is 1.35. The normalized spacial score (nSPS) is 26.7. The van der Waals surface area contributed by atoms with Crippen LogP contribution in [0.5, 0.6) is 0 Å². The Morgan fingerprint density at radius 1 is 1.50 bits per heavy atom. The number of hydrogen-bond acceptors (Lipinski definition) is 7. The number of rotatable bonds is 4. The Morgan fingerprint density at radius 2 is 2.46 bits per heavy atom. The second kappa shape index (κ2) is 6.48. The van der Waals surface area contributed by atoms with E-state index in [-0.39, 0.29) is 11.6 Å². The largest absolute Gasteiger partial charge is 0.371 e. The number of anilines is 1. The number of nitrogens with zero attached hydrogens (tertiary/aromatic N) is 4. The molecule has 2 aliphatic rings. The zero-order valence-corrected chi connectivity index (χ0v) is 14.1. The number of aromatic nitrogens is 2. The summed E-state index contributed by atoms with van der Waals surface area (Å²) >= 11 is 1.71. The summed E-state index contributed by atoms with van der Waals surface area (Å²) in [7, 11) is 0. The second-order valence-electron chi connectivity index (χ2n) is 6.45. The molecule has 4 rings (SSSR count). The lowest BCUT2D eigenvalue weighted by molar-refractivity contribution is 0.0120. The quantitative estimate of drug-likeness (QED) is 0.919. The molecule has 0 radical (unpaired) electrons. The van der Waals surface area contributed by atoms with Crippen molar-refractivity contribution in [3.05, 3.63) is 40.5 Å². The predicted octanol–water partition coefficient (Wildman–Crippen LogP) is 2.26. The van der Waals surface area contributed by atoms with Crippen molar-refractivity contribution in [2.24, 2.45) is 0 Å². The summed E-state index contributed by atoms with van der Waals surface area (Å²) in [6.07, 6.45) is 3.89. The molecule has 2 unspecified atom stereocenters. The van der Waals surface area contributed by atoms with Crippen LogP contribution < -0.4 is 5.32 Å². The maximum atomic E-state index is 8.95. The SMILES string of the molecule is N#Cc1cccc(NC2COC3(CCN(Cc4nccs4)C3)C2)n1. The van der Waals surface area contributed by atoms with Gasteiger partial charge in [0.25, 0.3) is 0 Å². The van der Waals surface area contributed by atoms with Crippen LogP contribution in [0.15, 0.2) is 29.8 Å². The van der Waals surface area contributed by atoms with Crippen molar-refractivity contribution in [1.29, 1.82) is 5.26 Å². The van der Waals surface area contributed by atoms with Gasteiger partial charge in [-0.15, -0.1) is 11.3 Å². The number of nitrogens with one attached hydrogen (secondary N) is 1. The predicted molar refractivity (Wildman–Crippen MR) is 91.7 cm³/mol. The lowest BCUT2D eigenvalue weighted by atomic mass is 9.97. The summed E-state index contributed by atoms with van der Waals surface area (Å²) in [5.41, 5.74) is 0.381. The van der Waals surface area contributed by atoms with Crippen molar-refractivity contribution in [3.8, 4) is 6.07 Å². The van der Waals surface area contributed by atoms with Gasteiger partial charge in [-0.2, -0.15) is 5.26 Å². The lowest BCUT2D eigenvalue weighted by Gasteiger charge is -2.23. The van der Waals surface area contributed by atoms with Crippen LogP contribution >= 0.6 is 11.3 Å². The molecule has 7 heteroatoms. The second-order valence-corrected chi connectivity index (χ2v) is 7.42. The van der Waals surface area contributed by atoms with Gasteiger partial charge in [-0.25, -0.2) is 9.97 Å². The Hall–Kier alpha value is -2.01. The van der Waals surface area contributed by atoms with Gasteiger partial charge in [0.2, 0.25) is 0 Å². The average molecular weight is 341 g/mol. The van der Waals surface area contributed by atoms with Crippen LogP contribution in [0.1, 0.15) is 23.5 Å². The van der Waals surface area contributed by atoms with Crippen molar-refractivity contribution in [2.45, 2.75) is 31.0 Å². The lowest BCUT2D eigenvalue weighted by Crippen LogP contribution is -2.33. The zero-order valence-electron chi connectivity index (χ0n) is 13.3. The molecule has 2 atom stereocenters. The van der Waals surface area contributed by atoms with Gasteiger partial charge in [0.1, 0.15) is 22.6 Å². The maximum absolute atomic E-state index is 8.95. The van der Waals surface area contributed by atoms with Gasteiger partial charge >= 0.3 is 0 Å². The molecule has 6 nitrogen and oxygen atoms in total. The van der Waals surface area contributed by atoms with Crippen LogP contribution in [0.4, 0.5) is 5.82 Å². The minimum Gasteiger partial charge on any atom is -0.371 e. The van der Waals surface area contributed by atoms with Gasteiger partial charge in [0.05, 0.1) is 24.8 Å². The third-order valence-electron chi connectivity index (χ3n) is 4.66. The molecule has 24 heavy (non-hydrogen) atoms. The fourth-order valence-electron chi connectivity index (χ4n) is 3.59.